The Balaban J connectivity index is 2.14. The average Bonchev–Trinajstić information content (AvgIpc) is 2.59. The third-order valence-electron chi connectivity index (χ3n) is 2.01. The van der Waals surface area contributed by atoms with Crippen molar-refractivity contribution in [2.24, 2.45) is 0 Å². The standard InChI is InChI=1S/C13H9NO2/c15-12-9-13(16)14-11(12)8-4-7-10-5-2-1-3-6-10/h1-3,5-6,8-9,15H,(H,14,16)/b11-8+. The lowest BCUT2D eigenvalue weighted by atomic mass is 10.2. The zero-order valence-corrected chi connectivity index (χ0v) is 8.40. The van der Waals surface area contributed by atoms with Gasteiger partial charge in [-0.15, -0.1) is 0 Å². The molecule has 78 valence electrons. The molecule has 0 bridgehead atoms. The van der Waals surface area contributed by atoms with Gasteiger partial charge in [0, 0.05) is 17.7 Å². The highest BCUT2D eigenvalue weighted by molar-refractivity contribution is 5.94. The van der Waals surface area contributed by atoms with Crippen LogP contribution in [0.3, 0.4) is 0 Å². The van der Waals surface area contributed by atoms with Crippen LogP contribution in [-0.4, -0.2) is 11.0 Å². The molecule has 2 rings (SSSR count). The average molecular weight is 211 g/mol. The molecule has 0 saturated heterocycles. The van der Waals surface area contributed by atoms with E-state index in [1.807, 2.05) is 30.3 Å². The summed E-state index contributed by atoms with van der Waals surface area (Å²) in [7, 11) is 0. The van der Waals surface area contributed by atoms with Gasteiger partial charge in [-0.05, 0) is 12.1 Å². The molecule has 1 heterocycles. The molecule has 3 heteroatoms. The highest BCUT2D eigenvalue weighted by atomic mass is 16.3. The van der Waals surface area contributed by atoms with Crippen LogP contribution in [0.5, 0.6) is 0 Å². The van der Waals surface area contributed by atoms with E-state index in [1.54, 1.807) is 0 Å². The number of rotatable bonds is 0. The molecule has 0 aromatic heterocycles. The number of allylic oxidation sites excluding steroid dienone is 1. The topological polar surface area (TPSA) is 49.3 Å². The first-order valence-electron chi connectivity index (χ1n) is 4.74. The fourth-order valence-electron chi connectivity index (χ4n) is 1.26. The number of aliphatic hydroxyl groups is 1. The van der Waals surface area contributed by atoms with Gasteiger partial charge in [-0.1, -0.05) is 30.0 Å². The molecule has 0 fully saturated rings. The van der Waals surface area contributed by atoms with Gasteiger partial charge in [-0.3, -0.25) is 4.79 Å². The van der Waals surface area contributed by atoms with E-state index >= 15 is 0 Å². The van der Waals surface area contributed by atoms with Crippen LogP contribution in [0, 0.1) is 11.8 Å². The summed E-state index contributed by atoms with van der Waals surface area (Å²) in [5.41, 5.74) is 1.22. The molecule has 1 aromatic carbocycles. The third-order valence-corrected chi connectivity index (χ3v) is 2.01. The number of nitrogens with one attached hydrogen (secondary N) is 1. The van der Waals surface area contributed by atoms with Crippen LogP contribution < -0.4 is 5.32 Å². The number of carbonyl (C=O) groups is 1. The second-order valence-electron chi connectivity index (χ2n) is 3.21. The summed E-state index contributed by atoms with van der Waals surface area (Å²) < 4.78 is 0. The van der Waals surface area contributed by atoms with Gasteiger partial charge in [-0.2, -0.15) is 0 Å². The zero-order valence-electron chi connectivity index (χ0n) is 8.40. The van der Waals surface area contributed by atoms with E-state index in [2.05, 4.69) is 17.2 Å². The number of carbonyl (C=O) groups excluding carboxylic acids is 1. The van der Waals surface area contributed by atoms with Crippen LogP contribution in [0.1, 0.15) is 5.56 Å². The molecule has 3 nitrogen and oxygen atoms in total. The lowest BCUT2D eigenvalue weighted by molar-refractivity contribution is -0.115. The fourth-order valence-corrected chi connectivity index (χ4v) is 1.26. The van der Waals surface area contributed by atoms with E-state index in [-0.39, 0.29) is 11.7 Å². The molecule has 1 amide bonds. The first-order valence-corrected chi connectivity index (χ1v) is 4.74. The molecule has 16 heavy (non-hydrogen) atoms. The van der Waals surface area contributed by atoms with Crippen LogP contribution in [0.4, 0.5) is 0 Å². The van der Waals surface area contributed by atoms with Crippen LogP contribution in [0.2, 0.25) is 0 Å². The van der Waals surface area contributed by atoms with Crippen molar-refractivity contribution in [3.63, 3.8) is 0 Å². The number of hydrogen-bond acceptors (Lipinski definition) is 2. The van der Waals surface area contributed by atoms with Crippen LogP contribution >= 0.6 is 0 Å². The van der Waals surface area contributed by atoms with E-state index in [4.69, 9.17) is 0 Å². The van der Waals surface area contributed by atoms with Gasteiger partial charge in [-0.25, -0.2) is 0 Å². The van der Waals surface area contributed by atoms with Crippen LogP contribution in [0.15, 0.2) is 53.9 Å². The maximum Gasteiger partial charge on any atom is 0.252 e. The van der Waals surface area contributed by atoms with Crippen molar-refractivity contribution in [1.82, 2.24) is 5.32 Å². The summed E-state index contributed by atoms with van der Waals surface area (Å²) >= 11 is 0. The minimum Gasteiger partial charge on any atom is -0.506 e. The SMILES string of the molecule is O=C1C=C(O)/C(=C\C#Cc2ccccc2)N1. The predicted molar refractivity (Wildman–Crippen MR) is 60.3 cm³/mol. The second-order valence-corrected chi connectivity index (χ2v) is 3.21. The highest BCUT2D eigenvalue weighted by Crippen LogP contribution is 2.08. The lowest BCUT2D eigenvalue weighted by Crippen LogP contribution is -2.13. The van der Waals surface area contributed by atoms with E-state index in [0.717, 1.165) is 11.6 Å². The fraction of sp³-hybridized carbons (Fsp3) is 0. The molecule has 1 aliphatic rings. The number of aliphatic hydroxyl groups excluding tert-OH is 1. The molecule has 0 unspecified atom stereocenters. The van der Waals surface area contributed by atoms with E-state index < -0.39 is 0 Å². The molecular weight excluding hydrogens is 202 g/mol. The number of amides is 1. The molecular formula is C13H9NO2. The van der Waals surface area contributed by atoms with Crippen molar-refractivity contribution in [3.05, 3.63) is 59.5 Å². The second kappa shape index (κ2) is 4.37. The van der Waals surface area contributed by atoms with E-state index in [9.17, 15) is 9.90 Å². The summed E-state index contributed by atoms with van der Waals surface area (Å²) in [6.07, 6.45) is 2.60. The Bertz CT molecular complexity index is 530. The van der Waals surface area contributed by atoms with Gasteiger partial charge in [0.15, 0.2) is 0 Å². The summed E-state index contributed by atoms with van der Waals surface area (Å²) in [4.78, 5) is 10.9. The van der Waals surface area contributed by atoms with Gasteiger partial charge in [0.1, 0.15) is 5.76 Å². The van der Waals surface area contributed by atoms with E-state index in [0.29, 0.717) is 5.70 Å². The Labute approximate surface area is 93.1 Å². The largest absolute Gasteiger partial charge is 0.506 e. The predicted octanol–water partition coefficient (Wildman–Crippen LogP) is 1.49. The summed E-state index contributed by atoms with van der Waals surface area (Å²) in [6, 6.07) is 9.47. The van der Waals surface area contributed by atoms with Crippen molar-refractivity contribution in [1.29, 1.82) is 0 Å². The number of hydrogen-bond donors (Lipinski definition) is 2. The maximum absolute atomic E-state index is 10.9. The van der Waals surface area contributed by atoms with E-state index in [1.165, 1.54) is 6.08 Å². The smallest absolute Gasteiger partial charge is 0.252 e. The lowest BCUT2D eigenvalue weighted by Gasteiger charge is -1.94. The maximum atomic E-state index is 10.9. The zero-order chi connectivity index (χ0) is 11.4. The summed E-state index contributed by atoms with van der Waals surface area (Å²) in [5, 5.41) is 11.8. The minimum absolute atomic E-state index is 0.0765. The van der Waals surface area contributed by atoms with Crippen molar-refractivity contribution in [2.45, 2.75) is 0 Å². The molecule has 0 spiro atoms. The summed E-state index contributed by atoms with van der Waals surface area (Å²) in [5.74, 6) is 5.25. The molecule has 0 saturated carbocycles. The van der Waals surface area contributed by atoms with Crippen molar-refractivity contribution in [3.8, 4) is 11.8 Å². The van der Waals surface area contributed by atoms with Gasteiger partial charge >= 0.3 is 0 Å². The molecule has 0 atom stereocenters. The van der Waals surface area contributed by atoms with Crippen molar-refractivity contribution < 1.29 is 9.90 Å². The molecule has 1 aliphatic heterocycles. The molecule has 2 N–H and O–H groups in total. The molecule has 0 aliphatic carbocycles. The van der Waals surface area contributed by atoms with Gasteiger partial charge in [0.2, 0.25) is 0 Å². The van der Waals surface area contributed by atoms with Gasteiger partial charge < -0.3 is 10.4 Å². The molecule has 0 radical (unpaired) electrons. The Kier molecular flexibility index (Phi) is 2.75. The van der Waals surface area contributed by atoms with Crippen LogP contribution in [-0.2, 0) is 4.79 Å². The molecule has 1 aromatic rings. The Morgan fingerprint density at radius 3 is 2.62 bits per heavy atom. The highest BCUT2D eigenvalue weighted by Gasteiger charge is 2.14. The minimum atomic E-state index is -0.328. The van der Waals surface area contributed by atoms with Gasteiger partial charge in [0.25, 0.3) is 5.91 Å². The van der Waals surface area contributed by atoms with Crippen molar-refractivity contribution >= 4 is 5.91 Å². The normalized spacial score (nSPS) is 16.4. The quantitative estimate of drug-likeness (QED) is 0.639. The van der Waals surface area contributed by atoms with Gasteiger partial charge in [0.05, 0.1) is 5.70 Å². The van der Waals surface area contributed by atoms with Crippen molar-refractivity contribution in [2.75, 3.05) is 0 Å². The summed E-state index contributed by atoms with van der Waals surface area (Å²) in [6.45, 7) is 0. The first kappa shape index (κ1) is 10.1. The number of benzene rings is 1. The van der Waals surface area contributed by atoms with Crippen LogP contribution in [0.25, 0.3) is 0 Å². The Hall–Kier alpha value is -2.47. The first-order chi connectivity index (χ1) is 7.75. The monoisotopic (exact) mass is 211 g/mol. The Morgan fingerprint density at radius 2 is 2.00 bits per heavy atom. The Morgan fingerprint density at radius 1 is 1.25 bits per heavy atom. The third kappa shape index (κ3) is 2.31.